The summed E-state index contributed by atoms with van der Waals surface area (Å²) in [6.45, 7) is 0.282. The minimum atomic E-state index is -0.942. The van der Waals surface area contributed by atoms with Gasteiger partial charge in [0.15, 0.2) is 0 Å². The van der Waals surface area contributed by atoms with E-state index in [1.807, 2.05) is 30.3 Å². The van der Waals surface area contributed by atoms with Gasteiger partial charge >= 0.3 is 6.03 Å². The van der Waals surface area contributed by atoms with E-state index in [0.717, 1.165) is 10.5 Å². The van der Waals surface area contributed by atoms with Crippen LogP contribution in [-0.4, -0.2) is 47.2 Å². The van der Waals surface area contributed by atoms with Gasteiger partial charge in [-0.1, -0.05) is 30.3 Å². The maximum Gasteiger partial charge on any atom is 0.324 e. The third kappa shape index (κ3) is 4.07. The molecule has 22 heavy (non-hydrogen) atoms. The van der Waals surface area contributed by atoms with E-state index in [0.29, 0.717) is 6.61 Å². The molecule has 0 spiro atoms. The van der Waals surface area contributed by atoms with Crippen molar-refractivity contribution in [2.75, 3.05) is 13.2 Å². The van der Waals surface area contributed by atoms with Crippen molar-refractivity contribution in [2.45, 2.75) is 25.2 Å². The number of amides is 3. The first-order valence-corrected chi connectivity index (χ1v) is 6.97. The molecule has 1 saturated heterocycles. The van der Waals surface area contributed by atoms with Crippen LogP contribution < -0.4 is 5.32 Å². The molecule has 0 aliphatic carbocycles. The molecular weight excluding hydrogens is 284 g/mol. The first-order chi connectivity index (χ1) is 10.6. The number of aliphatic hydroxyl groups is 1. The second-order valence-corrected chi connectivity index (χ2v) is 5.01. The molecule has 1 aliphatic rings. The molecule has 0 bridgehead atoms. The molecule has 0 radical (unpaired) electrons. The van der Waals surface area contributed by atoms with Gasteiger partial charge in [0, 0.05) is 6.42 Å². The summed E-state index contributed by atoms with van der Waals surface area (Å²) in [5.41, 5.74) is 0.985. The molecule has 1 fully saturated rings. The maximum absolute atomic E-state index is 11.9. The molecule has 0 aromatic heterocycles. The van der Waals surface area contributed by atoms with E-state index in [-0.39, 0.29) is 19.6 Å². The minimum absolute atomic E-state index is 0.0335. The molecule has 0 unspecified atom stereocenters. The van der Waals surface area contributed by atoms with Gasteiger partial charge in [0.1, 0.15) is 6.04 Å². The Bertz CT molecular complexity index is 567. The summed E-state index contributed by atoms with van der Waals surface area (Å²) in [4.78, 5) is 24.6. The predicted octanol–water partition coefficient (Wildman–Crippen LogP) is 0.508. The smallest absolute Gasteiger partial charge is 0.324 e. The van der Waals surface area contributed by atoms with Crippen molar-refractivity contribution in [3.05, 3.63) is 35.9 Å². The Labute approximate surface area is 129 Å². The van der Waals surface area contributed by atoms with Crippen LogP contribution in [0.15, 0.2) is 30.3 Å². The normalized spacial score (nSPS) is 18.9. The summed E-state index contributed by atoms with van der Waals surface area (Å²) in [5.74, 6) is 1.93. The van der Waals surface area contributed by atoms with Crippen molar-refractivity contribution in [1.29, 1.82) is 0 Å². The van der Waals surface area contributed by atoms with Gasteiger partial charge in [0.25, 0.3) is 5.91 Å². The topological polar surface area (TPSA) is 78.9 Å². The SMILES string of the molecule is C#CC[C@H]1NC(=O)N(C[C@H](O)COCc2ccccc2)C1=O. The highest BCUT2D eigenvalue weighted by molar-refractivity contribution is 6.04. The lowest BCUT2D eigenvalue weighted by Crippen LogP contribution is -2.39. The zero-order valence-corrected chi connectivity index (χ0v) is 12.1. The lowest BCUT2D eigenvalue weighted by molar-refractivity contribution is -0.128. The molecule has 1 aromatic carbocycles. The standard InChI is InChI=1S/C16H18N2O4/c1-2-6-14-15(20)18(16(21)17-14)9-13(19)11-22-10-12-7-4-3-5-8-12/h1,3-5,7-8,13-14,19H,6,9-11H2,(H,17,21)/t13-,14+/m0/s1. The summed E-state index contributed by atoms with van der Waals surface area (Å²) >= 11 is 0. The van der Waals surface area contributed by atoms with E-state index in [2.05, 4.69) is 11.2 Å². The predicted molar refractivity (Wildman–Crippen MR) is 79.6 cm³/mol. The van der Waals surface area contributed by atoms with Crippen LogP contribution in [0.2, 0.25) is 0 Å². The average molecular weight is 302 g/mol. The van der Waals surface area contributed by atoms with Crippen LogP contribution in [0.25, 0.3) is 0 Å². The third-order valence-electron chi connectivity index (χ3n) is 3.24. The summed E-state index contributed by atoms with van der Waals surface area (Å²) < 4.78 is 5.38. The van der Waals surface area contributed by atoms with Crippen molar-refractivity contribution in [3.8, 4) is 12.3 Å². The van der Waals surface area contributed by atoms with Crippen LogP contribution in [0.5, 0.6) is 0 Å². The van der Waals surface area contributed by atoms with Crippen LogP contribution in [0.3, 0.4) is 0 Å². The molecule has 1 aromatic rings. The summed E-state index contributed by atoms with van der Waals surface area (Å²) in [5, 5.41) is 12.4. The molecule has 1 heterocycles. The second kappa shape index (κ2) is 7.59. The fraction of sp³-hybridized carbons (Fsp3) is 0.375. The van der Waals surface area contributed by atoms with Gasteiger partial charge in [-0.05, 0) is 5.56 Å². The molecule has 116 valence electrons. The quantitative estimate of drug-likeness (QED) is 0.568. The Kier molecular flexibility index (Phi) is 5.53. The number of nitrogens with one attached hydrogen (secondary N) is 1. The van der Waals surface area contributed by atoms with Crippen molar-refractivity contribution < 1.29 is 19.4 Å². The first kappa shape index (κ1) is 16.0. The highest BCUT2D eigenvalue weighted by Gasteiger charge is 2.38. The lowest BCUT2D eigenvalue weighted by Gasteiger charge is -2.17. The molecule has 2 N–H and O–H groups in total. The maximum atomic E-state index is 11.9. The van der Waals surface area contributed by atoms with Gasteiger partial charge in [-0.15, -0.1) is 12.3 Å². The van der Waals surface area contributed by atoms with Crippen LogP contribution in [-0.2, 0) is 16.1 Å². The highest BCUT2D eigenvalue weighted by Crippen LogP contribution is 2.10. The number of β-amino-alcohol motifs (C(OH)–C–C–N with tert-alkyl or cyclic N) is 1. The molecule has 3 amide bonds. The second-order valence-electron chi connectivity index (χ2n) is 5.01. The molecule has 6 heteroatoms. The number of hydrogen-bond donors (Lipinski definition) is 2. The van der Waals surface area contributed by atoms with Crippen molar-refractivity contribution >= 4 is 11.9 Å². The number of hydrogen-bond acceptors (Lipinski definition) is 4. The number of nitrogens with zero attached hydrogens (tertiary/aromatic N) is 1. The fourth-order valence-electron chi connectivity index (χ4n) is 2.16. The van der Waals surface area contributed by atoms with Crippen LogP contribution in [0, 0.1) is 12.3 Å². The number of benzene rings is 1. The van der Waals surface area contributed by atoms with Crippen LogP contribution in [0.4, 0.5) is 4.79 Å². The largest absolute Gasteiger partial charge is 0.389 e. The third-order valence-corrected chi connectivity index (χ3v) is 3.24. The number of carbonyl (C=O) groups excluding carboxylic acids is 2. The van der Waals surface area contributed by atoms with E-state index in [4.69, 9.17) is 11.2 Å². The molecule has 1 aliphatic heterocycles. The highest BCUT2D eigenvalue weighted by atomic mass is 16.5. The lowest BCUT2D eigenvalue weighted by atomic mass is 10.2. The Morgan fingerprint density at radius 3 is 2.77 bits per heavy atom. The Balaban J connectivity index is 1.77. The summed E-state index contributed by atoms with van der Waals surface area (Å²) in [6.07, 6.45) is 4.34. The zero-order chi connectivity index (χ0) is 15.9. The van der Waals surface area contributed by atoms with E-state index >= 15 is 0 Å². The number of imide groups is 1. The van der Waals surface area contributed by atoms with Crippen molar-refractivity contribution in [1.82, 2.24) is 10.2 Å². The number of carbonyl (C=O) groups is 2. The summed E-state index contributed by atoms with van der Waals surface area (Å²) in [7, 11) is 0. The zero-order valence-electron chi connectivity index (χ0n) is 12.1. The van der Waals surface area contributed by atoms with Crippen molar-refractivity contribution in [3.63, 3.8) is 0 Å². The Hall–Kier alpha value is -2.36. The van der Waals surface area contributed by atoms with E-state index in [9.17, 15) is 14.7 Å². The fourth-order valence-corrected chi connectivity index (χ4v) is 2.16. The van der Waals surface area contributed by atoms with Gasteiger partial charge in [-0.2, -0.15) is 0 Å². The van der Waals surface area contributed by atoms with E-state index < -0.39 is 24.1 Å². The molecule has 6 nitrogen and oxygen atoms in total. The summed E-state index contributed by atoms with van der Waals surface area (Å²) in [6, 6.07) is 8.29. The van der Waals surface area contributed by atoms with Crippen LogP contribution >= 0.6 is 0 Å². The van der Waals surface area contributed by atoms with E-state index in [1.54, 1.807) is 0 Å². The molecule has 2 rings (SSSR count). The first-order valence-electron chi connectivity index (χ1n) is 6.97. The van der Waals surface area contributed by atoms with Crippen molar-refractivity contribution in [2.24, 2.45) is 0 Å². The number of ether oxygens (including phenoxy) is 1. The van der Waals surface area contributed by atoms with Gasteiger partial charge in [-0.3, -0.25) is 9.69 Å². The minimum Gasteiger partial charge on any atom is -0.389 e. The molecule has 2 atom stereocenters. The monoisotopic (exact) mass is 302 g/mol. The number of aliphatic hydroxyl groups excluding tert-OH is 1. The Morgan fingerprint density at radius 1 is 1.36 bits per heavy atom. The Morgan fingerprint density at radius 2 is 2.09 bits per heavy atom. The molecular formula is C16H18N2O4. The van der Waals surface area contributed by atoms with Crippen LogP contribution in [0.1, 0.15) is 12.0 Å². The molecule has 0 saturated carbocycles. The van der Waals surface area contributed by atoms with Gasteiger partial charge in [-0.25, -0.2) is 4.79 Å². The number of terminal acetylenes is 1. The van der Waals surface area contributed by atoms with Gasteiger partial charge in [0.05, 0.1) is 25.9 Å². The number of rotatable bonds is 7. The van der Waals surface area contributed by atoms with E-state index in [1.165, 1.54) is 0 Å². The average Bonchev–Trinajstić information content (AvgIpc) is 2.76. The van der Waals surface area contributed by atoms with Gasteiger partial charge < -0.3 is 15.2 Å². The number of urea groups is 1. The van der Waals surface area contributed by atoms with Gasteiger partial charge in [0.2, 0.25) is 0 Å².